The molecular formula is C19H28F4IN3O2. The number of nitrogens with one attached hydrogen (secondary N) is 2. The summed E-state index contributed by atoms with van der Waals surface area (Å²) in [5.41, 5.74) is -1.08. The number of guanidine groups is 1. The summed E-state index contributed by atoms with van der Waals surface area (Å²) in [6.45, 7) is 5.60. The minimum atomic E-state index is -4.62. The maximum absolute atomic E-state index is 13.2. The van der Waals surface area contributed by atoms with Crippen molar-refractivity contribution in [3.8, 4) is 0 Å². The second-order valence-electron chi connectivity index (χ2n) is 6.58. The number of rotatable bonds is 9. The van der Waals surface area contributed by atoms with Crippen LogP contribution < -0.4 is 10.6 Å². The summed E-state index contributed by atoms with van der Waals surface area (Å²) in [6.07, 6.45) is -2.86. The molecule has 2 N–H and O–H groups in total. The van der Waals surface area contributed by atoms with Crippen LogP contribution in [0.4, 0.5) is 17.6 Å². The highest BCUT2D eigenvalue weighted by Crippen LogP contribution is 2.32. The monoisotopic (exact) mass is 533 g/mol. The molecule has 0 aliphatic carbocycles. The number of halogens is 5. The van der Waals surface area contributed by atoms with E-state index in [0.29, 0.717) is 44.2 Å². The van der Waals surface area contributed by atoms with Crippen LogP contribution in [-0.4, -0.2) is 45.5 Å². The summed E-state index contributed by atoms with van der Waals surface area (Å²) >= 11 is 0. The van der Waals surface area contributed by atoms with Crippen molar-refractivity contribution < 1.29 is 27.0 Å². The lowest BCUT2D eigenvalue weighted by Crippen LogP contribution is -2.38. The lowest BCUT2D eigenvalue weighted by molar-refractivity contribution is -0.138. The Hall–Kier alpha value is -1.14. The largest absolute Gasteiger partial charge is 0.416 e. The molecule has 2 rings (SSSR count). The molecule has 10 heteroatoms. The van der Waals surface area contributed by atoms with Gasteiger partial charge in [-0.3, -0.25) is 0 Å². The van der Waals surface area contributed by atoms with Gasteiger partial charge in [0.15, 0.2) is 5.96 Å². The zero-order chi connectivity index (χ0) is 20.4. The average Bonchev–Trinajstić information content (AvgIpc) is 3.16. The molecule has 1 fully saturated rings. The molecule has 166 valence electrons. The molecule has 1 unspecified atom stereocenters. The van der Waals surface area contributed by atoms with Crippen molar-refractivity contribution in [2.45, 2.75) is 32.5 Å². The van der Waals surface area contributed by atoms with Crippen molar-refractivity contribution >= 4 is 29.9 Å². The number of aliphatic imine (C=N–C) groups is 1. The highest BCUT2D eigenvalue weighted by molar-refractivity contribution is 14.0. The molecule has 1 aliphatic heterocycles. The zero-order valence-electron chi connectivity index (χ0n) is 16.4. The molecule has 5 nitrogen and oxygen atoms in total. The molecule has 0 radical (unpaired) electrons. The molecule has 0 spiro atoms. The lowest BCUT2D eigenvalue weighted by Gasteiger charge is -2.14. The number of nitrogens with zero attached hydrogens (tertiary/aromatic N) is 1. The summed E-state index contributed by atoms with van der Waals surface area (Å²) < 4.78 is 63.3. The third kappa shape index (κ3) is 9.47. The van der Waals surface area contributed by atoms with Crippen LogP contribution in [0.3, 0.4) is 0 Å². The number of ether oxygens (including phenoxy) is 2. The van der Waals surface area contributed by atoms with Crippen LogP contribution in [0, 0.1) is 11.7 Å². The minimum Gasteiger partial charge on any atom is -0.381 e. The van der Waals surface area contributed by atoms with Gasteiger partial charge in [-0.05, 0) is 37.5 Å². The third-order valence-electron chi connectivity index (χ3n) is 4.26. The van der Waals surface area contributed by atoms with Crippen LogP contribution in [0.1, 0.15) is 30.9 Å². The standard InChI is InChI=1S/C19H27F4N3O2.HI/c1-2-24-18(25-7-3-8-27-12-14-6-9-28-13-14)26-11-15-4-5-16(20)10-17(15)19(21,22)23;/h4-5,10,14H,2-3,6-9,11-13H2,1H3,(H2,24,25,26);1H. The quantitative estimate of drug-likeness (QED) is 0.166. The van der Waals surface area contributed by atoms with Gasteiger partial charge >= 0.3 is 6.18 Å². The second kappa shape index (κ2) is 13.2. The van der Waals surface area contributed by atoms with Crippen LogP contribution in [0.5, 0.6) is 0 Å². The molecule has 1 heterocycles. The first-order chi connectivity index (χ1) is 13.4. The van der Waals surface area contributed by atoms with Crippen LogP contribution in [0.15, 0.2) is 23.2 Å². The van der Waals surface area contributed by atoms with E-state index in [1.165, 1.54) is 0 Å². The van der Waals surface area contributed by atoms with Crippen molar-refractivity contribution in [3.63, 3.8) is 0 Å². The topological polar surface area (TPSA) is 54.9 Å². The Labute approximate surface area is 185 Å². The molecule has 1 aromatic carbocycles. The second-order valence-corrected chi connectivity index (χ2v) is 6.58. The average molecular weight is 533 g/mol. The first-order valence-electron chi connectivity index (χ1n) is 9.43. The van der Waals surface area contributed by atoms with Gasteiger partial charge in [0.1, 0.15) is 5.82 Å². The fourth-order valence-electron chi connectivity index (χ4n) is 2.80. The number of benzene rings is 1. The predicted octanol–water partition coefficient (Wildman–Crippen LogP) is 3.96. The Morgan fingerprint density at radius 2 is 2.10 bits per heavy atom. The summed E-state index contributed by atoms with van der Waals surface area (Å²) in [4.78, 5) is 4.18. The maximum atomic E-state index is 13.2. The Kier molecular flexibility index (Phi) is 11.8. The van der Waals surface area contributed by atoms with Gasteiger partial charge < -0.3 is 20.1 Å². The molecule has 1 aliphatic rings. The van der Waals surface area contributed by atoms with E-state index in [0.717, 1.165) is 38.2 Å². The summed E-state index contributed by atoms with van der Waals surface area (Å²) in [7, 11) is 0. The Balaban J connectivity index is 0.00000420. The zero-order valence-corrected chi connectivity index (χ0v) is 18.7. The van der Waals surface area contributed by atoms with E-state index in [1.807, 2.05) is 6.92 Å². The van der Waals surface area contributed by atoms with E-state index in [1.54, 1.807) is 0 Å². The fraction of sp³-hybridized carbons (Fsp3) is 0.632. The van der Waals surface area contributed by atoms with Gasteiger partial charge in [-0.1, -0.05) is 6.07 Å². The van der Waals surface area contributed by atoms with Crippen molar-refractivity contribution in [1.29, 1.82) is 0 Å². The Bertz CT molecular complexity index is 638. The first-order valence-corrected chi connectivity index (χ1v) is 9.43. The van der Waals surface area contributed by atoms with Crippen molar-refractivity contribution in [3.05, 3.63) is 35.1 Å². The molecule has 0 saturated carbocycles. The molecule has 1 atom stereocenters. The van der Waals surface area contributed by atoms with E-state index in [-0.39, 0.29) is 36.1 Å². The van der Waals surface area contributed by atoms with Crippen molar-refractivity contribution in [2.24, 2.45) is 10.9 Å². The molecular weight excluding hydrogens is 505 g/mol. The molecule has 0 bridgehead atoms. The van der Waals surface area contributed by atoms with Crippen molar-refractivity contribution in [1.82, 2.24) is 10.6 Å². The summed E-state index contributed by atoms with van der Waals surface area (Å²) in [6, 6.07) is 2.62. The summed E-state index contributed by atoms with van der Waals surface area (Å²) in [5, 5.41) is 6.05. The maximum Gasteiger partial charge on any atom is 0.416 e. The number of hydrogen-bond donors (Lipinski definition) is 2. The molecule has 29 heavy (non-hydrogen) atoms. The van der Waals surface area contributed by atoms with Gasteiger partial charge in [-0.25, -0.2) is 9.38 Å². The number of alkyl halides is 3. The molecule has 0 amide bonds. The highest BCUT2D eigenvalue weighted by Gasteiger charge is 2.33. The van der Waals surface area contributed by atoms with Gasteiger partial charge in [-0.15, -0.1) is 24.0 Å². The van der Waals surface area contributed by atoms with E-state index in [2.05, 4.69) is 15.6 Å². The SMILES string of the molecule is CCNC(=NCc1ccc(F)cc1C(F)(F)F)NCCCOCC1CCOC1.I. The van der Waals surface area contributed by atoms with Gasteiger partial charge in [0.05, 0.1) is 25.3 Å². The van der Waals surface area contributed by atoms with E-state index < -0.39 is 17.6 Å². The molecule has 1 aromatic rings. The molecule has 0 aromatic heterocycles. The fourth-order valence-corrected chi connectivity index (χ4v) is 2.80. The van der Waals surface area contributed by atoms with E-state index >= 15 is 0 Å². The summed E-state index contributed by atoms with van der Waals surface area (Å²) in [5.74, 6) is -0.0521. The number of hydrogen-bond acceptors (Lipinski definition) is 3. The van der Waals surface area contributed by atoms with Gasteiger partial charge in [-0.2, -0.15) is 13.2 Å². The van der Waals surface area contributed by atoms with Gasteiger partial charge in [0.2, 0.25) is 0 Å². The third-order valence-corrected chi connectivity index (χ3v) is 4.26. The smallest absolute Gasteiger partial charge is 0.381 e. The van der Waals surface area contributed by atoms with Gasteiger partial charge in [0, 0.05) is 32.2 Å². The van der Waals surface area contributed by atoms with Crippen LogP contribution in [0.2, 0.25) is 0 Å². The lowest BCUT2D eigenvalue weighted by atomic mass is 10.1. The van der Waals surface area contributed by atoms with Gasteiger partial charge in [0.25, 0.3) is 0 Å². The highest BCUT2D eigenvalue weighted by atomic mass is 127. The normalized spacial score (nSPS) is 17.1. The van der Waals surface area contributed by atoms with Crippen LogP contribution >= 0.6 is 24.0 Å². The molecule has 1 saturated heterocycles. The van der Waals surface area contributed by atoms with E-state index in [4.69, 9.17) is 9.47 Å². The van der Waals surface area contributed by atoms with E-state index in [9.17, 15) is 17.6 Å². The van der Waals surface area contributed by atoms with Crippen molar-refractivity contribution in [2.75, 3.05) is 39.5 Å². The Morgan fingerprint density at radius 3 is 2.76 bits per heavy atom. The first kappa shape index (κ1) is 25.9. The van der Waals surface area contributed by atoms with Crippen LogP contribution in [-0.2, 0) is 22.2 Å². The predicted molar refractivity (Wildman–Crippen MR) is 114 cm³/mol. The Morgan fingerprint density at radius 1 is 1.31 bits per heavy atom. The minimum absolute atomic E-state index is 0. The van der Waals surface area contributed by atoms with Crippen LogP contribution in [0.25, 0.3) is 0 Å².